The molecule has 168 valence electrons. The van der Waals surface area contributed by atoms with E-state index in [-0.39, 0.29) is 18.8 Å². The molecule has 11 heteroatoms. The average molecular weight is 464 g/mol. The summed E-state index contributed by atoms with van der Waals surface area (Å²) in [4.78, 5) is 8.87. The number of ether oxygens (including phenoxy) is 1. The summed E-state index contributed by atoms with van der Waals surface area (Å²) >= 11 is 0. The first-order valence-corrected chi connectivity index (χ1v) is 15.7. The van der Waals surface area contributed by atoms with Crippen molar-refractivity contribution in [2.45, 2.75) is 45.4 Å². The van der Waals surface area contributed by atoms with Crippen LogP contribution >= 0.6 is 0 Å². The molecule has 1 saturated heterocycles. The lowest BCUT2D eigenvalue weighted by Crippen LogP contribution is -2.51. The molecule has 1 aliphatic rings. The standard InChI is InChI=1S/C20H30N6O3SSi/c1-5-30(27,28)25-12-17(13-25)26-11-16(10-23-26)19-18-6-7-24(20(18)22-14-21-19)15-29-8-9-31(2,3)4/h6-7,10-11,14,17H,5,8-9,12-13,15H2,1-4H3/i17D. The van der Waals surface area contributed by atoms with Crippen LogP contribution in [0.15, 0.2) is 31.0 Å². The van der Waals surface area contributed by atoms with E-state index in [0.717, 1.165) is 34.9 Å². The van der Waals surface area contributed by atoms with E-state index in [1.807, 2.05) is 16.8 Å². The van der Waals surface area contributed by atoms with Gasteiger partial charge in [0.1, 0.15) is 18.7 Å². The lowest BCUT2D eigenvalue weighted by Gasteiger charge is -2.37. The Labute approximate surface area is 185 Å². The van der Waals surface area contributed by atoms with Crippen LogP contribution in [0.2, 0.25) is 25.7 Å². The number of aromatic nitrogens is 5. The molecule has 1 aliphatic heterocycles. The first kappa shape index (κ1) is 20.8. The summed E-state index contributed by atoms with van der Waals surface area (Å²) in [5, 5.41) is 5.22. The van der Waals surface area contributed by atoms with Crippen molar-refractivity contribution in [2.75, 3.05) is 25.4 Å². The molecule has 0 spiro atoms. The average Bonchev–Trinajstić information content (AvgIpc) is 3.35. The number of sulfonamides is 1. The summed E-state index contributed by atoms with van der Waals surface area (Å²) in [6, 6.07) is 1.96. The smallest absolute Gasteiger partial charge is 0.213 e. The van der Waals surface area contributed by atoms with E-state index >= 15 is 0 Å². The lowest BCUT2D eigenvalue weighted by atomic mass is 10.1. The van der Waals surface area contributed by atoms with Crippen LogP contribution in [0, 0.1) is 0 Å². The number of fused-ring (bicyclic) bond motifs is 1. The molecule has 0 N–H and O–H groups in total. The van der Waals surface area contributed by atoms with Gasteiger partial charge in [-0.15, -0.1) is 0 Å². The van der Waals surface area contributed by atoms with Gasteiger partial charge in [-0.25, -0.2) is 18.4 Å². The molecule has 0 aromatic carbocycles. The van der Waals surface area contributed by atoms with Crippen molar-refractivity contribution in [3.8, 4) is 11.3 Å². The molecule has 0 aliphatic carbocycles. The zero-order valence-corrected chi connectivity index (χ0v) is 20.3. The zero-order valence-electron chi connectivity index (χ0n) is 19.4. The van der Waals surface area contributed by atoms with Gasteiger partial charge in [0.15, 0.2) is 0 Å². The number of hydrogen-bond donors (Lipinski definition) is 0. The Bertz CT molecular complexity index is 1210. The van der Waals surface area contributed by atoms with Crippen LogP contribution in [-0.4, -0.2) is 70.6 Å². The molecule has 0 saturated carbocycles. The Hall–Kier alpha value is -2.08. The molecule has 3 aromatic heterocycles. The van der Waals surface area contributed by atoms with Gasteiger partial charge in [-0.2, -0.15) is 9.40 Å². The largest absolute Gasteiger partial charge is 0.361 e. The van der Waals surface area contributed by atoms with E-state index in [4.69, 9.17) is 6.11 Å². The van der Waals surface area contributed by atoms with Gasteiger partial charge in [0, 0.05) is 51.1 Å². The highest BCUT2D eigenvalue weighted by Gasteiger charge is 2.36. The van der Waals surface area contributed by atoms with E-state index in [9.17, 15) is 8.42 Å². The molecular formula is C20H30N6O3SSi. The van der Waals surface area contributed by atoms with Crippen LogP contribution < -0.4 is 0 Å². The molecule has 0 atom stereocenters. The molecule has 0 unspecified atom stereocenters. The van der Waals surface area contributed by atoms with E-state index in [1.165, 1.54) is 15.3 Å². The summed E-state index contributed by atoms with van der Waals surface area (Å²) in [5.74, 6) is 0.0329. The van der Waals surface area contributed by atoms with Crippen LogP contribution in [0.5, 0.6) is 0 Å². The Balaban J connectivity index is 1.51. The van der Waals surface area contributed by atoms with Crippen LogP contribution in [0.1, 0.15) is 14.3 Å². The maximum Gasteiger partial charge on any atom is 0.213 e. The summed E-state index contributed by atoms with van der Waals surface area (Å²) in [7, 11) is -4.43. The van der Waals surface area contributed by atoms with Crippen molar-refractivity contribution in [3.05, 3.63) is 31.0 Å². The monoisotopic (exact) mass is 463 g/mol. The normalized spacial score (nSPS) is 17.6. The number of nitrogens with zero attached hydrogens (tertiary/aromatic N) is 6. The predicted octanol–water partition coefficient (Wildman–Crippen LogP) is 2.81. The quantitative estimate of drug-likeness (QED) is 0.358. The van der Waals surface area contributed by atoms with Crippen LogP contribution in [0.25, 0.3) is 22.3 Å². The SMILES string of the molecule is [2H]C1(n2cc(-c3ncnc4c3ccn4COCC[Si](C)(C)C)cn2)CN(S(=O)(=O)CC)C1. The minimum absolute atomic E-state index is 0.0329. The molecule has 9 nitrogen and oxygen atoms in total. The van der Waals surface area contributed by atoms with Crippen molar-refractivity contribution >= 4 is 29.1 Å². The molecule has 4 rings (SSSR count). The second-order valence-electron chi connectivity index (χ2n) is 9.00. The van der Waals surface area contributed by atoms with E-state index < -0.39 is 24.1 Å². The maximum atomic E-state index is 12.0. The van der Waals surface area contributed by atoms with Gasteiger partial charge in [0.05, 0.1) is 25.0 Å². The summed E-state index contributed by atoms with van der Waals surface area (Å²) in [5.41, 5.74) is 2.27. The molecule has 0 amide bonds. The highest BCUT2D eigenvalue weighted by molar-refractivity contribution is 7.89. The Morgan fingerprint density at radius 2 is 2.06 bits per heavy atom. The fourth-order valence-electron chi connectivity index (χ4n) is 3.38. The molecule has 0 radical (unpaired) electrons. The first-order chi connectivity index (χ1) is 15.0. The van der Waals surface area contributed by atoms with Gasteiger partial charge >= 0.3 is 0 Å². The van der Waals surface area contributed by atoms with Crippen LogP contribution in [0.3, 0.4) is 0 Å². The minimum atomic E-state index is -3.29. The Morgan fingerprint density at radius 1 is 1.29 bits per heavy atom. The van der Waals surface area contributed by atoms with Crippen molar-refractivity contribution < 1.29 is 14.5 Å². The van der Waals surface area contributed by atoms with Crippen molar-refractivity contribution in [3.63, 3.8) is 0 Å². The lowest BCUT2D eigenvalue weighted by molar-refractivity contribution is 0.0899. The highest BCUT2D eigenvalue weighted by Crippen LogP contribution is 2.29. The Kier molecular flexibility index (Phi) is 5.67. The second kappa shape index (κ2) is 8.45. The summed E-state index contributed by atoms with van der Waals surface area (Å²) in [6.45, 7) is 9.93. The third-order valence-electron chi connectivity index (χ3n) is 5.44. The molecule has 0 bridgehead atoms. The minimum Gasteiger partial charge on any atom is -0.361 e. The fourth-order valence-corrected chi connectivity index (χ4v) is 5.20. The third-order valence-corrected chi connectivity index (χ3v) is 8.92. The van der Waals surface area contributed by atoms with Gasteiger partial charge in [-0.05, 0) is 19.0 Å². The van der Waals surface area contributed by atoms with Gasteiger partial charge in [0.2, 0.25) is 10.0 Å². The third kappa shape index (κ3) is 4.74. The second-order valence-corrected chi connectivity index (χ2v) is 16.9. The number of rotatable bonds is 9. The molecule has 31 heavy (non-hydrogen) atoms. The van der Waals surface area contributed by atoms with Gasteiger partial charge in [-0.1, -0.05) is 19.6 Å². The molecular weight excluding hydrogens is 432 g/mol. The van der Waals surface area contributed by atoms with Gasteiger partial charge in [0.25, 0.3) is 0 Å². The maximum absolute atomic E-state index is 12.0. The first-order valence-electron chi connectivity index (χ1n) is 10.9. The summed E-state index contributed by atoms with van der Waals surface area (Å²) in [6.07, 6.45) is 6.87. The molecule has 3 aromatic rings. The van der Waals surface area contributed by atoms with E-state index in [0.29, 0.717) is 6.73 Å². The Morgan fingerprint density at radius 3 is 2.77 bits per heavy atom. The van der Waals surface area contributed by atoms with Crippen LogP contribution in [0.4, 0.5) is 0 Å². The van der Waals surface area contributed by atoms with Crippen molar-refractivity contribution in [1.29, 1.82) is 0 Å². The molecule has 4 heterocycles. The predicted molar refractivity (Wildman–Crippen MR) is 123 cm³/mol. The summed E-state index contributed by atoms with van der Waals surface area (Å²) < 4.78 is 43.3. The topological polar surface area (TPSA) is 95.1 Å². The van der Waals surface area contributed by atoms with Crippen LogP contribution in [-0.2, 0) is 21.5 Å². The van der Waals surface area contributed by atoms with Crippen molar-refractivity contribution in [1.82, 2.24) is 28.6 Å². The van der Waals surface area contributed by atoms with Gasteiger partial charge < -0.3 is 9.30 Å². The zero-order chi connectivity index (χ0) is 23.1. The van der Waals surface area contributed by atoms with E-state index in [2.05, 4.69) is 34.7 Å². The fraction of sp³-hybridized carbons (Fsp3) is 0.550. The van der Waals surface area contributed by atoms with Crippen molar-refractivity contribution in [2.24, 2.45) is 0 Å². The van der Waals surface area contributed by atoms with Gasteiger partial charge in [-0.3, -0.25) is 4.68 Å². The van der Waals surface area contributed by atoms with E-state index in [1.54, 1.807) is 19.3 Å². The molecule has 1 fully saturated rings. The highest BCUT2D eigenvalue weighted by atomic mass is 32.2. The number of hydrogen-bond acceptors (Lipinski definition) is 6.